The van der Waals surface area contributed by atoms with E-state index in [9.17, 15) is 4.79 Å². The Morgan fingerprint density at radius 3 is 2.89 bits per heavy atom. The van der Waals surface area contributed by atoms with Crippen LogP contribution in [0.3, 0.4) is 0 Å². The highest BCUT2D eigenvalue weighted by molar-refractivity contribution is 9.10. The number of amides is 1. The number of rotatable bonds is 3. The number of nitrogens with zero attached hydrogens (tertiary/aromatic N) is 2. The fourth-order valence-electron chi connectivity index (χ4n) is 1.39. The first-order valence-corrected chi connectivity index (χ1v) is 6.25. The maximum atomic E-state index is 11.7. The van der Waals surface area contributed by atoms with Crippen molar-refractivity contribution in [2.45, 2.75) is 6.54 Å². The minimum absolute atomic E-state index is 0.0869. The van der Waals surface area contributed by atoms with Crippen LogP contribution in [0.15, 0.2) is 34.9 Å². The number of carbonyl (C=O) groups is 1. The van der Waals surface area contributed by atoms with Gasteiger partial charge in [0.25, 0.3) is 0 Å². The van der Waals surface area contributed by atoms with Gasteiger partial charge in [0, 0.05) is 10.7 Å². The van der Waals surface area contributed by atoms with Gasteiger partial charge in [-0.15, -0.1) is 0 Å². The molecule has 5 nitrogen and oxygen atoms in total. The zero-order valence-electron chi connectivity index (χ0n) is 9.23. The molecule has 94 valence electrons. The summed E-state index contributed by atoms with van der Waals surface area (Å²) in [6, 6.07) is 6.86. The van der Waals surface area contributed by atoms with Crippen LogP contribution in [0.4, 0.5) is 11.5 Å². The van der Waals surface area contributed by atoms with Gasteiger partial charge in [0.1, 0.15) is 12.4 Å². The van der Waals surface area contributed by atoms with Crippen LogP contribution < -0.4 is 11.1 Å². The van der Waals surface area contributed by atoms with Gasteiger partial charge in [-0.25, -0.2) is 0 Å². The minimum Gasteiger partial charge on any atom is -0.382 e. The van der Waals surface area contributed by atoms with Crippen LogP contribution in [-0.2, 0) is 11.3 Å². The molecule has 0 saturated heterocycles. The molecule has 1 amide bonds. The lowest BCUT2D eigenvalue weighted by atomic mass is 10.3. The number of anilines is 2. The smallest absolute Gasteiger partial charge is 0.246 e. The van der Waals surface area contributed by atoms with Crippen molar-refractivity contribution in [3.63, 3.8) is 0 Å². The van der Waals surface area contributed by atoms with Gasteiger partial charge in [-0.05, 0) is 24.3 Å². The average Bonchev–Trinajstić information content (AvgIpc) is 2.68. The first-order chi connectivity index (χ1) is 8.54. The van der Waals surface area contributed by atoms with E-state index in [0.29, 0.717) is 16.5 Å². The Hall–Kier alpha value is -1.53. The van der Waals surface area contributed by atoms with Gasteiger partial charge in [-0.2, -0.15) is 5.10 Å². The lowest BCUT2D eigenvalue weighted by molar-refractivity contribution is -0.116. The van der Waals surface area contributed by atoms with Gasteiger partial charge in [-0.1, -0.05) is 27.5 Å². The Kier molecular flexibility index (Phi) is 3.88. The SMILES string of the molecule is Nc1ccn(CC(=O)Nc2ccc(Br)cc2Cl)n1. The number of nitrogens with one attached hydrogen (secondary N) is 1. The second kappa shape index (κ2) is 5.41. The van der Waals surface area contributed by atoms with E-state index in [2.05, 4.69) is 26.3 Å². The third-order valence-electron chi connectivity index (χ3n) is 2.17. The second-order valence-electron chi connectivity index (χ2n) is 3.61. The highest BCUT2D eigenvalue weighted by Gasteiger charge is 2.07. The molecule has 18 heavy (non-hydrogen) atoms. The van der Waals surface area contributed by atoms with E-state index >= 15 is 0 Å². The molecule has 0 spiro atoms. The number of nitrogens with two attached hydrogens (primary N) is 1. The molecule has 1 aromatic carbocycles. The number of carbonyl (C=O) groups excluding carboxylic acids is 1. The van der Waals surface area contributed by atoms with Crippen LogP contribution in [0.1, 0.15) is 0 Å². The van der Waals surface area contributed by atoms with E-state index in [4.69, 9.17) is 17.3 Å². The topological polar surface area (TPSA) is 72.9 Å². The molecule has 3 N–H and O–H groups in total. The lowest BCUT2D eigenvalue weighted by Crippen LogP contribution is -2.19. The lowest BCUT2D eigenvalue weighted by Gasteiger charge is -2.07. The van der Waals surface area contributed by atoms with Crippen LogP contribution in [0.25, 0.3) is 0 Å². The summed E-state index contributed by atoms with van der Waals surface area (Å²) >= 11 is 9.29. The maximum absolute atomic E-state index is 11.7. The zero-order chi connectivity index (χ0) is 13.1. The minimum atomic E-state index is -0.220. The van der Waals surface area contributed by atoms with Crippen LogP contribution in [0, 0.1) is 0 Å². The molecule has 0 saturated carbocycles. The average molecular weight is 330 g/mol. The van der Waals surface area contributed by atoms with Crippen molar-refractivity contribution in [2.75, 3.05) is 11.1 Å². The highest BCUT2D eigenvalue weighted by Crippen LogP contribution is 2.25. The van der Waals surface area contributed by atoms with Crippen molar-refractivity contribution < 1.29 is 4.79 Å². The monoisotopic (exact) mass is 328 g/mol. The summed E-state index contributed by atoms with van der Waals surface area (Å²) in [4.78, 5) is 11.7. The van der Waals surface area contributed by atoms with Crippen LogP contribution in [0.5, 0.6) is 0 Å². The maximum Gasteiger partial charge on any atom is 0.246 e. The second-order valence-corrected chi connectivity index (χ2v) is 4.93. The third kappa shape index (κ3) is 3.24. The molecule has 0 aliphatic heterocycles. The molecule has 0 unspecified atom stereocenters. The van der Waals surface area contributed by atoms with E-state index in [1.54, 1.807) is 30.5 Å². The number of aromatic nitrogens is 2. The van der Waals surface area contributed by atoms with E-state index in [0.717, 1.165) is 4.47 Å². The van der Waals surface area contributed by atoms with Crippen LogP contribution in [0.2, 0.25) is 5.02 Å². The molecule has 0 bridgehead atoms. The molecule has 1 aromatic heterocycles. The summed E-state index contributed by atoms with van der Waals surface area (Å²) in [6.07, 6.45) is 1.64. The third-order valence-corrected chi connectivity index (χ3v) is 2.98. The van der Waals surface area contributed by atoms with Crippen molar-refractivity contribution in [3.8, 4) is 0 Å². The molecule has 0 radical (unpaired) electrons. The normalized spacial score (nSPS) is 10.3. The summed E-state index contributed by atoms with van der Waals surface area (Å²) in [7, 11) is 0. The van der Waals surface area contributed by atoms with Gasteiger partial charge >= 0.3 is 0 Å². The molecular weight excluding hydrogens is 320 g/mol. The Morgan fingerprint density at radius 1 is 1.50 bits per heavy atom. The Balaban J connectivity index is 2.03. The fourth-order valence-corrected chi connectivity index (χ4v) is 2.11. The van der Waals surface area contributed by atoms with Crippen molar-refractivity contribution in [2.24, 2.45) is 0 Å². The standard InChI is InChI=1S/C11H10BrClN4O/c12-7-1-2-9(8(13)5-7)15-11(18)6-17-4-3-10(14)16-17/h1-5H,6H2,(H2,14,16)(H,15,18). The van der Waals surface area contributed by atoms with Gasteiger partial charge in [0.05, 0.1) is 10.7 Å². The van der Waals surface area contributed by atoms with Crippen molar-refractivity contribution in [1.82, 2.24) is 9.78 Å². The van der Waals surface area contributed by atoms with Crippen molar-refractivity contribution in [1.29, 1.82) is 0 Å². The molecule has 1 heterocycles. The molecule has 2 aromatic rings. The molecule has 2 rings (SSSR count). The van der Waals surface area contributed by atoms with Crippen LogP contribution in [-0.4, -0.2) is 15.7 Å². The Bertz CT molecular complexity index is 584. The number of halogens is 2. The van der Waals surface area contributed by atoms with Crippen molar-refractivity contribution >= 4 is 44.9 Å². The molecule has 7 heteroatoms. The summed E-state index contributed by atoms with van der Waals surface area (Å²) in [5.41, 5.74) is 6.02. The summed E-state index contributed by atoms with van der Waals surface area (Å²) in [5.74, 6) is 0.159. The zero-order valence-corrected chi connectivity index (χ0v) is 11.6. The first kappa shape index (κ1) is 12.9. The number of nitrogen functional groups attached to an aromatic ring is 1. The molecule has 0 fully saturated rings. The molecule has 0 aliphatic rings. The summed E-state index contributed by atoms with van der Waals surface area (Å²) in [5, 5.41) is 7.09. The summed E-state index contributed by atoms with van der Waals surface area (Å²) < 4.78 is 2.31. The fraction of sp³-hybridized carbons (Fsp3) is 0.0909. The van der Waals surface area contributed by atoms with E-state index in [1.807, 2.05) is 0 Å². The van der Waals surface area contributed by atoms with E-state index in [1.165, 1.54) is 4.68 Å². The predicted octanol–water partition coefficient (Wildman–Crippen LogP) is 2.52. The number of benzene rings is 1. The van der Waals surface area contributed by atoms with E-state index < -0.39 is 0 Å². The van der Waals surface area contributed by atoms with Gasteiger partial charge < -0.3 is 11.1 Å². The van der Waals surface area contributed by atoms with E-state index in [-0.39, 0.29) is 12.5 Å². The number of hydrogen-bond acceptors (Lipinski definition) is 3. The quantitative estimate of drug-likeness (QED) is 0.909. The van der Waals surface area contributed by atoms with Gasteiger partial charge in [-0.3, -0.25) is 9.48 Å². The molecule has 0 atom stereocenters. The van der Waals surface area contributed by atoms with Crippen LogP contribution >= 0.6 is 27.5 Å². The predicted molar refractivity (Wildman–Crippen MR) is 74.4 cm³/mol. The Labute approximate surface area is 117 Å². The Morgan fingerprint density at radius 2 is 2.28 bits per heavy atom. The first-order valence-electron chi connectivity index (χ1n) is 5.08. The van der Waals surface area contributed by atoms with Gasteiger partial charge in [0.15, 0.2) is 0 Å². The molecular formula is C11H10BrClN4O. The summed E-state index contributed by atoms with van der Waals surface area (Å²) in [6.45, 7) is 0.0869. The largest absolute Gasteiger partial charge is 0.382 e. The number of hydrogen-bond donors (Lipinski definition) is 2. The highest BCUT2D eigenvalue weighted by atomic mass is 79.9. The van der Waals surface area contributed by atoms with Crippen molar-refractivity contribution in [3.05, 3.63) is 40.0 Å². The molecule has 0 aliphatic carbocycles. The van der Waals surface area contributed by atoms with Gasteiger partial charge in [0.2, 0.25) is 5.91 Å².